The molecule has 4 aliphatic carbocycles. The Kier molecular flexibility index (Phi) is 9.92. The topological polar surface area (TPSA) is 80.7 Å². The Morgan fingerprint density at radius 2 is 1.66 bits per heavy atom. The minimum atomic E-state index is -0.467. The van der Waals surface area contributed by atoms with Gasteiger partial charge >= 0.3 is 5.97 Å². The molecule has 5 nitrogen and oxygen atoms in total. The number of unbranched alkanes of at least 4 members (excludes halogenated alkanes) is 8. The van der Waals surface area contributed by atoms with E-state index in [2.05, 4.69) is 20.8 Å². The molecule has 0 aromatic rings. The number of aliphatic hydroxyl groups is 1. The number of rotatable bonds is 13. The van der Waals surface area contributed by atoms with Gasteiger partial charge in [0.2, 0.25) is 0 Å². The molecular weight excluding hydrogens is 476 g/mol. The molecule has 0 spiro atoms. The van der Waals surface area contributed by atoms with Crippen molar-refractivity contribution in [1.82, 2.24) is 0 Å². The van der Waals surface area contributed by atoms with Crippen molar-refractivity contribution in [3.05, 3.63) is 11.6 Å². The van der Waals surface area contributed by atoms with Crippen molar-refractivity contribution in [2.24, 2.45) is 34.5 Å². The smallest absolute Gasteiger partial charge is 0.306 e. The number of fused-ring (bicyclic) bond motifs is 5. The molecule has 0 aliphatic heterocycles. The van der Waals surface area contributed by atoms with Gasteiger partial charge in [-0.2, -0.15) is 0 Å². The summed E-state index contributed by atoms with van der Waals surface area (Å²) in [5, 5.41) is 11.5. The van der Waals surface area contributed by atoms with Crippen molar-refractivity contribution in [3.63, 3.8) is 0 Å². The van der Waals surface area contributed by atoms with Crippen LogP contribution >= 0.6 is 0 Å². The Labute approximate surface area is 230 Å². The van der Waals surface area contributed by atoms with E-state index in [1.165, 1.54) is 44.1 Å². The third kappa shape index (κ3) is 6.13. The summed E-state index contributed by atoms with van der Waals surface area (Å²) in [5.41, 5.74) is 0.884. The van der Waals surface area contributed by atoms with Gasteiger partial charge in [0.25, 0.3) is 0 Å². The van der Waals surface area contributed by atoms with Gasteiger partial charge in [0.1, 0.15) is 6.61 Å². The average molecular weight is 529 g/mol. The second-order valence-electron chi connectivity index (χ2n) is 13.5. The molecule has 0 radical (unpaired) electrons. The number of Topliss-reactive ketones (excluding diaryl/α,β-unsaturated/α-hetero) is 1. The third-order valence-corrected chi connectivity index (χ3v) is 11.1. The van der Waals surface area contributed by atoms with Crippen LogP contribution in [0.3, 0.4) is 0 Å². The van der Waals surface area contributed by atoms with E-state index in [1.807, 2.05) is 6.08 Å². The molecule has 38 heavy (non-hydrogen) atoms. The fourth-order valence-electron chi connectivity index (χ4n) is 9.12. The summed E-state index contributed by atoms with van der Waals surface area (Å²) < 4.78 is 5.45. The van der Waals surface area contributed by atoms with Crippen LogP contribution in [0.25, 0.3) is 0 Å². The number of hydrogen-bond acceptors (Lipinski definition) is 5. The molecule has 3 fully saturated rings. The Hall–Kier alpha value is -1.49. The van der Waals surface area contributed by atoms with Crippen molar-refractivity contribution in [3.8, 4) is 0 Å². The number of carbonyl (C=O) groups is 3. The van der Waals surface area contributed by atoms with Crippen LogP contribution in [-0.4, -0.2) is 35.4 Å². The number of allylic oxidation sites excluding steroid dienone is 1. The summed E-state index contributed by atoms with van der Waals surface area (Å²) in [4.78, 5) is 37.7. The van der Waals surface area contributed by atoms with Crippen LogP contribution in [0.5, 0.6) is 0 Å². The molecule has 1 N–H and O–H groups in total. The summed E-state index contributed by atoms with van der Waals surface area (Å²) in [5.74, 6) is 0.801. The Morgan fingerprint density at radius 3 is 2.37 bits per heavy atom. The van der Waals surface area contributed by atoms with Crippen LogP contribution in [-0.2, 0) is 19.1 Å². The average Bonchev–Trinajstić information content (AvgIpc) is 3.23. The van der Waals surface area contributed by atoms with Crippen molar-refractivity contribution in [2.45, 2.75) is 136 Å². The summed E-state index contributed by atoms with van der Waals surface area (Å²) in [6, 6.07) is 0. The maximum atomic E-state index is 13.3. The third-order valence-electron chi connectivity index (χ3n) is 11.1. The lowest BCUT2D eigenvalue weighted by Crippen LogP contribution is -2.57. The van der Waals surface area contributed by atoms with Gasteiger partial charge < -0.3 is 9.84 Å². The van der Waals surface area contributed by atoms with Crippen LogP contribution < -0.4 is 0 Å². The first-order chi connectivity index (χ1) is 18.2. The molecule has 5 heteroatoms. The molecule has 0 amide bonds. The number of ketones is 2. The van der Waals surface area contributed by atoms with Crippen molar-refractivity contribution in [1.29, 1.82) is 0 Å². The highest BCUT2D eigenvalue weighted by Crippen LogP contribution is 2.66. The van der Waals surface area contributed by atoms with Gasteiger partial charge in [-0.15, -0.1) is 0 Å². The molecule has 0 heterocycles. The fourth-order valence-corrected chi connectivity index (χ4v) is 9.12. The maximum Gasteiger partial charge on any atom is 0.306 e. The molecule has 4 rings (SSSR count). The first kappa shape index (κ1) is 29.5. The summed E-state index contributed by atoms with van der Waals surface area (Å²) in [6.07, 6.45) is 18.4. The number of carbonyl (C=O) groups excluding carboxylic acids is 3. The van der Waals surface area contributed by atoms with Gasteiger partial charge in [-0.05, 0) is 79.6 Å². The molecule has 214 valence electrons. The first-order valence-corrected chi connectivity index (χ1v) is 15.8. The fraction of sp³-hybridized carbons (Fsp3) is 0.848. The second kappa shape index (κ2) is 12.8. The van der Waals surface area contributed by atoms with Gasteiger partial charge in [0.05, 0.1) is 6.10 Å². The Morgan fingerprint density at radius 1 is 0.974 bits per heavy atom. The van der Waals surface area contributed by atoms with Gasteiger partial charge in [0, 0.05) is 18.8 Å². The zero-order chi connectivity index (χ0) is 27.3. The second-order valence-corrected chi connectivity index (χ2v) is 13.5. The summed E-state index contributed by atoms with van der Waals surface area (Å²) >= 11 is 0. The lowest BCUT2D eigenvalue weighted by molar-refractivity contribution is -0.155. The lowest BCUT2D eigenvalue weighted by atomic mass is 9.46. The van der Waals surface area contributed by atoms with E-state index in [4.69, 9.17) is 4.74 Å². The quantitative estimate of drug-likeness (QED) is 0.203. The van der Waals surface area contributed by atoms with Crippen molar-refractivity contribution >= 4 is 17.5 Å². The molecule has 0 unspecified atom stereocenters. The summed E-state index contributed by atoms with van der Waals surface area (Å²) in [7, 11) is 0. The lowest BCUT2D eigenvalue weighted by Gasteiger charge is -2.59. The molecule has 4 aliphatic rings. The Balaban J connectivity index is 1.25. The Bertz CT molecular complexity index is 892. The van der Waals surface area contributed by atoms with E-state index in [9.17, 15) is 19.5 Å². The predicted octanol–water partition coefficient (Wildman–Crippen LogP) is 7.14. The van der Waals surface area contributed by atoms with E-state index in [1.54, 1.807) is 0 Å². The molecule has 0 aromatic carbocycles. The summed E-state index contributed by atoms with van der Waals surface area (Å²) in [6.45, 7) is 6.58. The predicted molar refractivity (Wildman–Crippen MR) is 149 cm³/mol. The van der Waals surface area contributed by atoms with Crippen LogP contribution in [0.15, 0.2) is 11.6 Å². The SMILES string of the molecule is CCCCCCCCCCCC(=O)OCC(=O)[C@H]1CC[C@H]2[C@@H]3CCC4=CC(=O)CC[C@]4(C)[C@H]3[C@@H](O)C[C@]12C. The molecule has 0 bridgehead atoms. The minimum Gasteiger partial charge on any atom is -0.458 e. The van der Waals surface area contributed by atoms with Gasteiger partial charge in [-0.3, -0.25) is 14.4 Å². The largest absolute Gasteiger partial charge is 0.458 e. The number of ether oxygens (including phenoxy) is 1. The van der Waals surface area contributed by atoms with Gasteiger partial charge in [0.15, 0.2) is 11.6 Å². The highest BCUT2D eigenvalue weighted by Gasteiger charge is 2.62. The molecule has 0 aromatic heterocycles. The van der Waals surface area contributed by atoms with Crippen LogP contribution in [0.2, 0.25) is 0 Å². The van der Waals surface area contributed by atoms with E-state index in [-0.39, 0.29) is 46.8 Å². The highest BCUT2D eigenvalue weighted by atomic mass is 16.5. The monoisotopic (exact) mass is 528 g/mol. The zero-order valence-electron chi connectivity index (χ0n) is 24.3. The molecular formula is C33H52O5. The molecule has 0 saturated heterocycles. The zero-order valence-corrected chi connectivity index (χ0v) is 24.3. The highest BCUT2D eigenvalue weighted by molar-refractivity contribution is 5.91. The van der Waals surface area contributed by atoms with E-state index >= 15 is 0 Å². The van der Waals surface area contributed by atoms with Crippen LogP contribution in [0.1, 0.15) is 130 Å². The maximum absolute atomic E-state index is 13.3. The van der Waals surface area contributed by atoms with Crippen LogP contribution in [0, 0.1) is 34.5 Å². The first-order valence-electron chi connectivity index (χ1n) is 15.8. The van der Waals surface area contributed by atoms with Gasteiger partial charge in [-0.25, -0.2) is 0 Å². The normalized spacial score (nSPS) is 36.2. The van der Waals surface area contributed by atoms with Gasteiger partial charge in [-0.1, -0.05) is 77.7 Å². The van der Waals surface area contributed by atoms with Crippen LogP contribution in [0.4, 0.5) is 0 Å². The standard InChI is InChI=1S/C33H52O5/c1-4-5-6-7-8-9-10-11-12-13-30(37)38-22-29(36)27-17-16-26-25-15-14-23-20-24(34)18-19-32(23,2)31(25)28(35)21-33(26,27)3/h20,25-28,31,35H,4-19,21-22H2,1-3H3/t25-,26-,27+,28-,31+,32-,33-/m0/s1. The van der Waals surface area contributed by atoms with Crippen molar-refractivity contribution in [2.75, 3.05) is 6.61 Å². The molecule has 7 atom stereocenters. The number of aliphatic hydroxyl groups excluding tert-OH is 1. The molecule has 3 saturated carbocycles. The number of hydrogen-bond donors (Lipinski definition) is 1. The van der Waals surface area contributed by atoms with Crippen molar-refractivity contribution < 1.29 is 24.2 Å². The number of esters is 1. The van der Waals surface area contributed by atoms with E-state index < -0.39 is 6.10 Å². The van der Waals surface area contributed by atoms with E-state index in [0.29, 0.717) is 31.1 Å². The minimum absolute atomic E-state index is 0.0342. The van der Waals surface area contributed by atoms with E-state index in [0.717, 1.165) is 51.4 Å².